The molecule has 392 valence electrons. The lowest BCUT2D eigenvalue weighted by Crippen LogP contribution is -2.15. The van der Waals surface area contributed by atoms with Crippen molar-refractivity contribution in [2.45, 2.75) is 50.8 Å². The molecular formula is C55H45Cl9N2O8S. The number of esters is 2. The Morgan fingerprint density at radius 1 is 0.453 bits per heavy atom. The van der Waals surface area contributed by atoms with Crippen LogP contribution in [0.3, 0.4) is 0 Å². The number of sulfonamides is 1. The number of primary sulfonamides is 1. The zero-order valence-corrected chi connectivity index (χ0v) is 47.4. The molecule has 75 heavy (non-hydrogen) atoms. The second kappa shape index (κ2) is 29.0. The fourth-order valence-corrected chi connectivity index (χ4v) is 9.28. The third kappa shape index (κ3) is 19.3. The van der Waals surface area contributed by atoms with Crippen LogP contribution in [0, 0.1) is 0 Å². The Balaban J connectivity index is 0.000000212. The van der Waals surface area contributed by atoms with Crippen LogP contribution in [0.5, 0.6) is 0 Å². The number of hydrogen-bond acceptors (Lipinski definition) is 8. The van der Waals surface area contributed by atoms with E-state index in [1.165, 1.54) is 30.3 Å². The number of benzene rings is 7. The molecule has 0 aliphatic carbocycles. The zero-order valence-electron chi connectivity index (χ0n) is 39.8. The van der Waals surface area contributed by atoms with Crippen molar-refractivity contribution in [2.75, 3.05) is 18.5 Å². The van der Waals surface area contributed by atoms with E-state index in [0.29, 0.717) is 72.5 Å². The molecule has 1 amide bonds. The molecule has 0 aliphatic heterocycles. The minimum atomic E-state index is -3.78. The molecule has 0 bridgehead atoms. The first kappa shape index (κ1) is 61.0. The molecule has 0 fully saturated rings. The fourth-order valence-electron chi connectivity index (χ4n) is 7.06. The lowest BCUT2D eigenvalue weighted by atomic mass is 10.00. The maximum absolute atomic E-state index is 12.7. The van der Waals surface area contributed by atoms with Gasteiger partial charge in [0.2, 0.25) is 15.9 Å². The first-order valence-electron chi connectivity index (χ1n) is 22.5. The number of ether oxygens (including phenoxy) is 2. The first-order valence-corrected chi connectivity index (χ1v) is 27.4. The minimum absolute atomic E-state index is 0.0254. The van der Waals surface area contributed by atoms with Crippen LogP contribution in [-0.2, 0) is 66.0 Å². The van der Waals surface area contributed by atoms with Gasteiger partial charge in [-0.15, -0.1) is 0 Å². The van der Waals surface area contributed by atoms with Crippen LogP contribution in [0.4, 0.5) is 5.69 Å². The van der Waals surface area contributed by atoms with Gasteiger partial charge >= 0.3 is 11.9 Å². The summed E-state index contributed by atoms with van der Waals surface area (Å²) in [5.74, 6) is -1.23. The number of carbonyl (C=O) groups excluding carboxylic acids is 4. The lowest BCUT2D eigenvalue weighted by Gasteiger charge is -2.10. The van der Waals surface area contributed by atoms with E-state index in [-0.39, 0.29) is 69.0 Å². The van der Waals surface area contributed by atoms with Gasteiger partial charge in [-0.3, -0.25) is 19.2 Å². The van der Waals surface area contributed by atoms with Crippen molar-refractivity contribution in [3.05, 3.63) is 229 Å². The Kier molecular flexibility index (Phi) is 23.6. The van der Waals surface area contributed by atoms with Crippen molar-refractivity contribution in [1.82, 2.24) is 0 Å². The van der Waals surface area contributed by atoms with Crippen molar-refractivity contribution < 1.29 is 37.1 Å². The predicted molar refractivity (Wildman–Crippen MR) is 304 cm³/mol. The third-order valence-corrected chi connectivity index (χ3v) is 14.4. The molecule has 0 aromatic heterocycles. The van der Waals surface area contributed by atoms with Crippen molar-refractivity contribution in [2.24, 2.45) is 5.14 Å². The second-order valence-electron chi connectivity index (χ2n) is 16.2. The summed E-state index contributed by atoms with van der Waals surface area (Å²) in [6.07, 6.45) is 1.43. The van der Waals surface area contributed by atoms with Gasteiger partial charge in [-0.05, 0) is 156 Å². The van der Waals surface area contributed by atoms with Crippen molar-refractivity contribution >= 4 is 144 Å². The Morgan fingerprint density at radius 2 is 0.813 bits per heavy atom. The summed E-state index contributed by atoms with van der Waals surface area (Å²) in [5, 5.41) is 12.4. The van der Waals surface area contributed by atoms with Gasteiger partial charge in [0.1, 0.15) is 0 Å². The van der Waals surface area contributed by atoms with E-state index >= 15 is 0 Å². The van der Waals surface area contributed by atoms with E-state index in [0.717, 1.165) is 33.4 Å². The number of anilines is 1. The van der Waals surface area contributed by atoms with Crippen LogP contribution in [0.25, 0.3) is 0 Å². The normalized spacial score (nSPS) is 10.8. The van der Waals surface area contributed by atoms with Crippen LogP contribution >= 0.6 is 104 Å². The smallest absolute Gasteiger partial charge is 0.310 e. The molecule has 7 aromatic rings. The summed E-state index contributed by atoms with van der Waals surface area (Å²) in [7, 11) is -3.78. The molecule has 3 N–H and O–H groups in total. The Hall–Kier alpha value is -4.86. The van der Waals surface area contributed by atoms with Gasteiger partial charge < -0.3 is 14.8 Å². The van der Waals surface area contributed by atoms with Crippen LogP contribution in [0.15, 0.2) is 138 Å². The number of halogens is 9. The van der Waals surface area contributed by atoms with Gasteiger partial charge in [0.05, 0.1) is 47.4 Å². The molecule has 0 unspecified atom stereocenters. The highest BCUT2D eigenvalue weighted by molar-refractivity contribution is 7.89. The van der Waals surface area contributed by atoms with E-state index in [2.05, 4.69) is 5.32 Å². The second-order valence-corrected chi connectivity index (χ2v) is 21.5. The number of hydrogen-bond donors (Lipinski definition) is 2. The molecule has 0 atom stereocenters. The lowest BCUT2D eigenvalue weighted by molar-refractivity contribution is -0.143. The van der Waals surface area contributed by atoms with Crippen molar-refractivity contribution in [3.8, 4) is 0 Å². The van der Waals surface area contributed by atoms with Gasteiger partial charge in [0, 0.05) is 64.8 Å². The molecule has 0 saturated heterocycles. The summed E-state index contributed by atoms with van der Waals surface area (Å²) >= 11 is 55.1. The quantitative estimate of drug-likeness (QED) is 0.0715. The van der Waals surface area contributed by atoms with E-state index < -0.39 is 10.0 Å². The van der Waals surface area contributed by atoms with Gasteiger partial charge in [-0.1, -0.05) is 135 Å². The van der Waals surface area contributed by atoms with Crippen molar-refractivity contribution in [3.63, 3.8) is 0 Å². The summed E-state index contributed by atoms with van der Waals surface area (Å²) in [6, 6.07) is 36.5. The average molecular weight is 1210 g/mol. The van der Waals surface area contributed by atoms with Gasteiger partial charge in [-0.2, -0.15) is 0 Å². The van der Waals surface area contributed by atoms with E-state index in [1.54, 1.807) is 92.7 Å². The van der Waals surface area contributed by atoms with Gasteiger partial charge in [0.15, 0.2) is 5.78 Å². The number of carbonyl (C=O) groups is 4. The number of nitrogens with one attached hydrogen (secondary N) is 1. The molecule has 0 heterocycles. The highest BCUT2D eigenvalue weighted by Gasteiger charge is 2.19. The third-order valence-electron chi connectivity index (χ3n) is 10.6. The molecule has 7 rings (SSSR count). The first-order chi connectivity index (χ1) is 35.5. The number of ketones is 1. The highest BCUT2D eigenvalue weighted by Crippen LogP contribution is 2.31. The topological polar surface area (TPSA) is 159 Å². The fraction of sp³-hybridized carbons (Fsp3) is 0.164. The van der Waals surface area contributed by atoms with Crippen molar-refractivity contribution in [1.29, 1.82) is 0 Å². The Morgan fingerprint density at radius 3 is 1.25 bits per heavy atom. The summed E-state index contributed by atoms with van der Waals surface area (Å²) in [4.78, 5) is 48.2. The number of amides is 1. The van der Waals surface area contributed by atoms with E-state index in [4.69, 9.17) is 119 Å². The van der Waals surface area contributed by atoms with Crippen LogP contribution in [0.1, 0.15) is 68.7 Å². The summed E-state index contributed by atoms with van der Waals surface area (Å²) in [6.45, 7) is 4.19. The average Bonchev–Trinajstić information content (AvgIpc) is 3.35. The summed E-state index contributed by atoms with van der Waals surface area (Å²) < 4.78 is 32.5. The molecule has 0 saturated carbocycles. The molecule has 0 radical (unpaired) electrons. The largest absolute Gasteiger partial charge is 0.466 e. The van der Waals surface area contributed by atoms with Gasteiger partial charge in [0.25, 0.3) is 0 Å². The molecule has 0 spiro atoms. The molecule has 20 heteroatoms. The molecular weight excluding hydrogens is 1170 g/mol. The number of rotatable bonds is 16. The SMILES string of the molecule is CCOC(=O)Cc1ccc(Cl)c(C(=O)c2cc(Cl)ccc2Cl)c1.CCOC(=O)Cc1ccc(Cl)c(Cc2cc(Cl)ccc2Cl)c1.NS(=O)(=O)c1ccc(NC(=O)Cc2ccc(Cl)c(Cc3cc(Cl)ccc3Cl)c2)cc1. The maximum Gasteiger partial charge on any atom is 0.310 e. The van der Waals surface area contributed by atoms with Crippen LogP contribution in [-0.4, -0.2) is 45.3 Å². The molecule has 7 aromatic carbocycles. The Bertz CT molecular complexity index is 3320. The highest BCUT2D eigenvalue weighted by atomic mass is 35.5. The zero-order chi connectivity index (χ0) is 55.0. The number of nitrogens with two attached hydrogens (primary N) is 1. The monoisotopic (exact) mass is 1210 g/mol. The predicted octanol–water partition coefficient (Wildman–Crippen LogP) is 15.4. The maximum atomic E-state index is 12.7. The Labute approximate surface area is 480 Å². The van der Waals surface area contributed by atoms with Crippen LogP contribution in [0.2, 0.25) is 45.2 Å². The molecule has 0 aliphatic rings. The standard InChI is InChI=1S/C21H17Cl3N2O3S.C17H13Cl3O3.C17H15Cl3O2/c22-16-2-8-20(24)15(12-16)11-14-9-13(1-7-19(14)23)10-21(27)26-17-3-5-18(6-4-17)30(25,28)29;1-2-23-16(21)8-10-3-5-14(19)12(7-10)17(22)13-9-11(18)4-6-15(13)20;1-2-22-17(21)8-11-3-5-15(19)12(7-11)9-13-10-14(18)4-6-16(13)20/h1-9,12H,10-11H2,(H,26,27)(H2,25,28,29);3-7,9H,2,8H2,1H3;3-7,10H,2,8-9H2,1H3. The van der Waals surface area contributed by atoms with Gasteiger partial charge in [-0.25, -0.2) is 13.6 Å². The minimum Gasteiger partial charge on any atom is -0.466 e. The summed E-state index contributed by atoms with van der Waals surface area (Å²) in [5.41, 5.74) is 6.69. The van der Waals surface area contributed by atoms with Crippen LogP contribution < -0.4 is 10.5 Å². The molecule has 10 nitrogen and oxygen atoms in total. The van der Waals surface area contributed by atoms with E-state index in [1.807, 2.05) is 24.3 Å². The van der Waals surface area contributed by atoms with E-state index in [9.17, 15) is 27.6 Å².